The van der Waals surface area contributed by atoms with Gasteiger partial charge in [0.1, 0.15) is 0 Å². The van der Waals surface area contributed by atoms with Crippen LogP contribution >= 0.6 is 0 Å². The molecule has 1 unspecified atom stereocenters. The Bertz CT molecular complexity index is 296. The van der Waals surface area contributed by atoms with Gasteiger partial charge in [0.2, 0.25) is 0 Å². The molecule has 0 aliphatic heterocycles. The predicted molar refractivity (Wildman–Crippen MR) is 43.2 cm³/mol. The van der Waals surface area contributed by atoms with E-state index in [4.69, 9.17) is 10.2 Å². The number of phenols is 1. The van der Waals surface area contributed by atoms with E-state index in [2.05, 4.69) is 0 Å². The number of phenolic OH excluding ortho intramolecular Hbond substituents is 1. The fraction of sp³-hybridized carbons (Fsp3) is 0. The first-order chi connectivity index (χ1) is 5.13. The van der Waals surface area contributed by atoms with Gasteiger partial charge in [-0.15, -0.1) is 0 Å². The zero-order valence-corrected chi connectivity index (χ0v) is 8.03. The van der Waals surface area contributed by atoms with Crippen molar-refractivity contribution in [2.24, 2.45) is 0 Å². The first kappa shape index (κ1) is 8.15. The second kappa shape index (κ2) is 2.97. The van der Waals surface area contributed by atoms with E-state index in [-0.39, 0.29) is 11.3 Å². The minimum atomic E-state index is -1.000. The summed E-state index contributed by atoms with van der Waals surface area (Å²) in [6.45, 7) is 0. The number of hydrogen-bond acceptors (Lipinski definition) is 2. The SMILES string of the molecule is O=C(O)c1cccc(O)c1[AsH2]. The molecule has 0 spiro atoms. The van der Waals surface area contributed by atoms with Crippen molar-refractivity contribution in [3.05, 3.63) is 23.8 Å². The van der Waals surface area contributed by atoms with E-state index in [9.17, 15) is 4.79 Å². The molecule has 0 aliphatic carbocycles. The van der Waals surface area contributed by atoms with Crippen molar-refractivity contribution < 1.29 is 15.0 Å². The Morgan fingerprint density at radius 2 is 2.09 bits per heavy atom. The third-order valence-corrected chi connectivity index (χ3v) is 2.59. The second-order valence-electron chi connectivity index (χ2n) is 2.04. The molecular formula is C7H7AsO3. The molecule has 0 bridgehead atoms. The Labute approximate surface area is 72.2 Å². The molecule has 1 aromatic rings. The summed E-state index contributed by atoms with van der Waals surface area (Å²) in [5.74, 6) is -0.954. The van der Waals surface area contributed by atoms with Crippen molar-refractivity contribution in [1.29, 1.82) is 0 Å². The van der Waals surface area contributed by atoms with E-state index in [1.807, 2.05) is 0 Å². The summed E-state index contributed by atoms with van der Waals surface area (Å²) >= 11 is 1.11. The van der Waals surface area contributed by atoms with Crippen LogP contribution in [0.5, 0.6) is 5.75 Å². The van der Waals surface area contributed by atoms with Crippen LogP contribution < -0.4 is 4.35 Å². The van der Waals surface area contributed by atoms with E-state index in [0.717, 1.165) is 16.9 Å². The van der Waals surface area contributed by atoms with Gasteiger partial charge in [0.15, 0.2) is 0 Å². The van der Waals surface area contributed by atoms with Crippen molar-refractivity contribution in [2.45, 2.75) is 0 Å². The number of rotatable bonds is 1. The van der Waals surface area contributed by atoms with Gasteiger partial charge in [-0.05, 0) is 0 Å². The molecular weight excluding hydrogens is 207 g/mol. The van der Waals surface area contributed by atoms with Crippen LogP contribution in [0, 0.1) is 0 Å². The molecule has 0 heterocycles. The van der Waals surface area contributed by atoms with Crippen molar-refractivity contribution in [2.75, 3.05) is 0 Å². The monoisotopic (exact) mass is 214 g/mol. The standard InChI is InChI=1S/C7H7AsO3/c8-6-4(7(10)11)2-1-3-5(6)9/h1-3,9H,8H2,(H,10,11). The Hall–Kier alpha value is -0.952. The van der Waals surface area contributed by atoms with E-state index < -0.39 is 5.97 Å². The Kier molecular flexibility index (Phi) is 2.20. The van der Waals surface area contributed by atoms with Crippen LogP contribution in [0.3, 0.4) is 0 Å². The van der Waals surface area contributed by atoms with Gasteiger partial charge in [-0.2, -0.15) is 0 Å². The quantitative estimate of drug-likeness (QED) is 0.610. The number of carboxylic acid groups (broad SMARTS) is 1. The maximum absolute atomic E-state index is 10.5. The van der Waals surface area contributed by atoms with Crippen LogP contribution in [-0.4, -0.2) is 33.0 Å². The molecule has 1 rings (SSSR count). The third kappa shape index (κ3) is 1.55. The van der Waals surface area contributed by atoms with Crippen molar-refractivity contribution in [1.82, 2.24) is 0 Å². The van der Waals surface area contributed by atoms with Crippen LogP contribution in [-0.2, 0) is 0 Å². The Morgan fingerprint density at radius 1 is 1.45 bits per heavy atom. The number of carboxylic acids is 1. The molecule has 11 heavy (non-hydrogen) atoms. The Morgan fingerprint density at radius 3 is 2.55 bits per heavy atom. The first-order valence-electron chi connectivity index (χ1n) is 2.93. The zero-order chi connectivity index (χ0) is 8.43. The van der Waals surface area contributed by atoms with Crippen LogP contribution in [0.15, 0.2) is 18.2 Å². The van der Waals surface area contributed by atoms with Gasteiger partial charge in [0.25, 0.3) is 0 Å². The van der Waals surface area contributed by atoms with Crippen LogP contribution in [0.1, 0.15) is 10.4 Å². The normalized spacial score (nSPS) is 9.55. The van der Waals surface area contributed by atoms with Crippen LogP contribution in [0.25, 0.3) is 0 Å². The Balaban J connectivity index is 3.27. The molecule has 1 atom stereocenters. The maximum atomic E-state index is 10.5. The topological polar surface area (TPSA) is 57.5 Å². The average molecular weight is 214 g/mol. The molecule has 3 nitrogen and oxygen atoms in total. The molecule has 0 fully saturated rings. The van der Waals surface area contributed by atoms with Crippen LogP contribution in [0.2, 0.25) is 0 Å². The predicted octanol–water partition coefficient (Wildman–Crippen LogP) is -0.651. The molecule has 0 amide bonds. The number of aromatic hydroxyl groups is 1. The van der Waals surface area contributed by atoms with Gasteiger partial charge in [-0.3, -0.25) is 0 Å². The van der Waals surface area contributed by atoms with Gasteiger partial charge in [-0.1, -0.05) is 0 Å². The third-order valence-electron chi connectivity index (χ3n) is 1.31. The van der Waals surface area contributed by atoms with Crippen LogP contribution in [0.4, 0.5) is 0 Å². The van der Waals surface area contributed by atoms with E-state index in [1.165, 1.54) is 18.2 Å². The first-order valence-corrected chi connectivity index (χ1v) is 4.15. The number of benzene rings is 1. The number of carbonyl (C=O) groups is 1. The summed E-state index contributed by atoms with van der Waals surface area (Å²) in [4.78, 5) is 10.5. The summed E-state index contributed by atoms with van der Waals surface area (Å²) in [6, 6.07) is 4.46. The number of aromatic carboxylic acids is 1. The fourth-order valence-corrected chi connectivity index (χ4v) is 1.40. The van der Waals surface area contributed by atoms with E-state index in [1.54, 1.807) is 0 Å². The minimum absolute atomic E-state index is 0.0462. The average Bonchev–Trinajstić information content (AvgIpc) is 1.94. The van der Waals surface area contributed by atoms with Crippen molar-refractivity contribution in [3.8, 4) is 5.75 Å². The second-order valence-corrected chi connectivity index (χ2v) is 3.25. The fourth-order valence-electron chi connectivity index (χ4n) is 0.740. The molecule has 58 valence electrons. The van der Waals surface area contributed by atoms with E-state index in [0.29, 0.717) is 4.35 Å². The van der Waals surface area contributed by atoms with Gasteiger partial charge in [0.05, 0.1) is 0 Å². The summed E-state index contributed by atoms with van der Waals surface area (Å²) in [5.41, 5.74) is 0.171. The molecule has 0 radical (unpaired) electrons. The molecule has 0 saturated heterocycles. The summed E-state index contributed by atoms with van der Waals surface area (Å²) in [5, 5.41) is 17.7. The molecule has 0 saturated carbocycles. The zero-order valence-electron chi connectivity index (χ0n) is 5.61. The van der Waals surface area contributed by atoms with Gasteiger partial charge < -0.3 is 0 Å². The molecule has 2 N–H and O–H groups in total. The number of hydrogen-bond donors (Lipinski definition) is 2. The molecule has 0 aromatic heterocycles. The van der Waals surface area contributed by atoms with Gasteiger partial charge in [-0.25, -0.2) is 0 Å². The molecule has 4 heteroatoms. The molecule has 0 aliphatic rings. The molecule has 1 aromatic carbocycles. The van der Waals surface area contributed by atoms with Gasteiger partial charge in [0, 0.05) is 0 Å². The summed E-state index contributed by atoms with van der Waals surface area (Å²) < 4.78 is 0.465. The van der Waals surface area contributed by atoms with Gasteiger partial charge >= 0.3 is 71.7 Å². The van der Waals surface area contributed by atoms with Crippen molar-refractivity contribution in [3.63, 3.8) is 0 Å². The summed E-state index contributed by atoms with van der Waals surface area (Å²) in [6.07, 6.45) is 0. The van der Waals surface area contributed by atoms with E-state index >= 15 is 0 Å². The van der Waals surface area contributed by atoms with Crippen molar-refractivity contribution >= 4 is 27.2 Å². The summed E-state index contributed by atoms with van der Waals surface area (Å²) in [7, 11) is 0.